The minimum Gasteiger partial charge on any atom is -0.366 e. The predicted octanol–water partition coefficient (Wildman–Crippen LogP) is 3.39. The second-order valence-electron chi connectivity index (χ2n) is 6.31. The number of anilines is 1. The molecule has 0 aromatic heterocycles. The smallest absolute Gasteiger partial charge is 0.264 e. The number of nitrogens with zero attached hydrogens (tertiary/aromatic N) is 3. The SMILES string of the molecule is Cc1cccc(/C=C(\C#N)C(=O)N2CCN(c3ccccc3F)CC2)c1. The Morgan fingerprint density at radius 1 is 1.12 bits per heavy atom. The van der Waals surface area contributed by atoms with Crippen LogP contribution in [0.15, 0.2) is 54.1 Å². The Balaban J connectivity index is 1.69. The molecule has 0 N–H and O–H groups in total. The molecule has 26 heavy (non-hydrogen) atoms. The number of carbonyl (C=O) groups excluding carboxylic acids is 1. The van der Waals surface area contributed by atoms with E-state index in [4.69, 9.17) is 0 Å². The summed E-state index contributed by atoms with van der Waals surface area (Å²) in [5.74, 6) is -0.536. The number of nitriles is 1. The summed E-state index contributed by atoms with van der Waals surface area (Å²) in [4.78, 5) is 16.3. The van der Waals surface area contributed by atoms with Crippen molar-refractivity contribution in [2.24, 2.45) is 0 Å². The van der Waals surface area contributed by atoms with Crippen molar-refractivity contribution in [1.82, 2.24) is 4.90 Å². The van der Waals surface area contributed by atoms with Crippen molar-refractivity contribution in [2.45, 2.75) is 6.92 Å². The normalized spacial score (nSPS) is 14.9. The molecule has 1 aliphatic heterocycles. The third-order valence-corrected chi connectivity index (χ3v) is 4.46. The summed E-state index contributed by atoms with van der Waals surface area (Å²) in [6, 6.07) is 16.3. The highest BCUT2D eigenvalue weighted by Crippen LogP contribution is 2.21. The molecule has 3 rings (SSSR count). The number of amides is 1. The maximum atomic E-state index is 13.9. The third-order valence-electron chi connectivity index (χ3n) is 4.46. The quantitative estimate of drug-likeness (QED) is 0.630. The Hall–Kier alpha value is -3.13. The average Bonchev–Trinajstić information content (AvgIpc) is 2.66. The van der Waals surface area contributed by atoms with Crippen LogP contribution in [0.1, 0.15) is 11.1 Å². The number of hydrogen-bond donors (Lipinski definition) is 0. The molecule has 1 fully saturated rings. The number of aryl methyl sites for hydroxylation is 1. The van der Waals surface area contributed by atoms with Crippen LogP contribution in [0.4, 0.5) is 10.1 Å². The Morgan fingerprint density at radius 3 is 2.50 bits per heavy atom. The minimum absolute atomic E-state index is 0.120. The van der Waals surface area contributed by atoms with Gasteiger partial charge in [-0.25, -0.2) is 4.39 Å². The summed E-state index contributed by atoms with van der Waals surface area (Å²) < 4.78 is 13.9. The minimum atomic E-state index is -0.276. The van der Waals surface area contributed by atoms with Crippen LogP contribution in [0.5, 0.6) is 0 Å². The molecule has 0 bridgehead atoms. The van der Waals surface area contributed by atoms with Crippen LogP contribution in [0.3, 0.4) is 0 Å². The van der Waals surface area contributed by atoms with E-state index in [0.29, 0.717) is 31.9 Å². The van der Waals surface area contributed by atoms with Gasteiger partial charge in [0, 0.05) is 26.2 Å². The van der Waals surface area contributed by atoms with Crippen molar-refractivity contribution in [1.29, 1.82) is 5.26 Å². The van der Waals surface area contributed by atoms with Gasteiger partial charge in [-0.1, -0.05) is 42.0 Å². The van der Waals surface area contributed by atoms with Gasteiger partial charge in [-0.05, 0) is 30.7 Å². The van der Waals surface area contributed by atoms with Crippen molar-refractivity contribution in [3.8, 4) is 6.07 Å². The van der Waals surface area contributed by atoms with Gasteiger partial charge in [0.2, 0.25) is 0 Å². The van der Waals surface area contributed by atoms with Crippen LogP contribution in [0.25, 0.3) is 6.08 Å². The van der Waals surface area contributed by atoms with E-state index in [1.807, 2.05) is 42.2 Å². The highest BCUT2D eigenvalue weighted by molar-refractivity contribution is 6.01. The first-order valence-electron chi connectivity index (χ1n) is 8.55. The summed E-state index contributed by atoms with van der Waals surface area (Å²) in [5.41, 5.74) is 2.58. The van der Waals surface area contributed by atoms with E-state index < -0.39 is 0 Å². The van der Waals surface area contributed by atoms with E-state index in [-0.39, 0.29) is 17.3 Å². The highest BCUT2D eigenvalue weighted by atomic mass is 19.1. The lowest BCUT2D eigenvalue weighted by molar-refractivity contribution is -0.126. The Kier molecular flexibility index (Phi) is 5.33. The molecule has 1 amide bonds. The zero-order valence-electron chi connectivity index (χ0n) is 14.7. The molecule has 2 aromatic rings. The molecule has 132 valence electrons. The molecule has 0 atom stereocenters. The summed E-state index contributed by atoms with van der Waals surface area (Å²) in [6.45, 7) is 3.96. The van der Waals surface area contributed by atoms with Gasteiger partial charge >= 0.3 is 0 Å². The maximum absolute atomic E-state index is 13.9. The first-order valence-corrected chi connectivity index (χ1v) is 8.55. The monoisotopic (exact) mass is 349 g/mol. The molecule has 1 saturated heterocycles. The molecule has 2 aromatic carbocycles. The van der Waals surface area contributed by atoms with Gasteiger partial charge in [-0.2, -0.15) is 5.26 Å². The predicted molar refractivity (Wildman–Crippen MR) is 100.0 cm³/mol. The van der Waals surface area contributed by atoms with Gasteiger partial charge in [0.25, 0.3) is 5.91 Å². The van der Waals surface area contributed by atoms with Gasteiger partial charge < -0.3 is 9.80 Å². The van der Waals surface area contributed by atoms with E-state index >= 15 is 0 Å². The van der Waals surface area contributed by atoms with E-state index in [9.17, 15) is 14.4 Å². The molecule has 0 aliphatic carbocycles. The molecule has 1 heterocycles. The van der Waals surface area contributed by atoms with Crippen LogP contribution < -0.4 is 4.90 Å². The van der Waals surface area contributed by atoms with Gasteiger partial charge in [0.15, 0.2) is 0 Å². The second-order valence-corrected chi connectivity index (χ2v) is 6.31. The largest absolute Gasteiger partial charge is 0.366 e. The second kappa shape index (κ2) is 7.83. The fourth-order valence-corrected chi connectivity index (χ4v) is 3.10. The van der Waals surface area contributed by atoms with Crippen LogP contribution in [-0.4, -0.2) is 37.0 Å². The molecule has 4 nitrogen and oxygen atoms in total. The number of piperazine rings is 1. The van der Waals surface area contributed by atoms with Gasteiger partial charge in [-0.3, -0.25) is 4.79 Å². The van der Waals surface area contributed by atoms with Crippen molar-refractivity contribution < 1.29 is 9.18 Å². The van der Waals surface area contributed by atoms with E-state index in [1.165, 1.54) is 6.07 Å². The van der Waals surface area contributed by atoms with Crippen LogP contribution in [0.2, 0.25) is 0 Å². The van der Waals surface area contributed by atoms with Gasteiger partial charge in [-0.15, -0.1) is 0 Å². The van der Waals surface area contributed by atoms with E-state index in [2.05, 4.69) is 0 Å². The summed E-state index contributed by atoms with van der Waals surface area (Å²) in [5, 5.41) is 9.40. The number of halogens is 1. The Labute approximate surface area is 152 Å². The number of carbonyl (C=O) groups is 1. The van der Waals surface area contributed by atoms with Crippen LogP contribution >= 0.6 is 0 Å². The topological polar surface area (TPSA) is 47.3 Å². The number of benzene rings is 2. The van der Waals surface area contributed by atoms with Crippen LogP contribution in [-0.2, 0) is 4.79 Å². The summed E-state index contributed by atoms with van der Waals surface area (Å²) in [6.07, 6.45) is 1.62. The van der Waals surface area contributed by atoms with Crippen molar-refractivity contribution in [3.05, 3.63) is 71.0 Å². The number of para-hydroxylation sites is 1. The Morgan fingerprint density at radius 2 is 1.85 bits per heavy atom. The molecular weight excluding hydrogens is 329 g/mol. The molecule has 0 saturated carbocycles. The van der Waals surface area contributed by atoms with E-state index in [0.717, 1.165) is 11.1 Å². The Bertz CT molecular complexity index is 877. The number of rotatable bonds is 3. The lowest BCUT2D eigenvalue weighted by Crippen LogP contribution is -2.49. The number of hydrogen-bond acceptors (Lipinski definition) is 3. The first-order chi connectivity index (χ1) is 12.6. The van der Waals surface area contributed by atoms with Gasteiger partial charge in [0.05, 0.1) is 5.69 Å². The summed E-state index contributed by atoms with van der Waals surface area (Å²) in [7, 11) is 0. The third kappa shape index (κ3) is 3.92. The van der Waals surface area contributed by atoms with Gasteiger partial charge in [0.1, 0.15) is 17.5 Å². The molecular formula is C21H20FN3O. The molecule has 0 unspecified atom stereocenters. The summed E-state index contributed by atoms with van der Waals surface area (Å²) >= 11 is 0. The fourth-order valence-electron chi connectivity index (χ4n) is 3.10. The molecule has 0 spiro atoms. The van der Waals surface area contributed by atoms with Crippen molar-refractivity contribution in [2.75, 3.05) is 31.1 Å². The maximum Gasteiger partial charge on any atom is 0.264 e. The molecule has 0 radical (unpaired) electrons. The zero-order chi connectivity index (χ0) is 18.5. The molecule has 1 aliphatic rings. The highest BCUT2D eigenvalue weighted by Gasteiger charge is 2.24. The van der Waals surface area contributed by atoms with Crippen LogP contribution in [0, 0.1) is 24.1 Å². The lowest BCUT2D eigenvalue weighted by Gasteiger charge is -2.36. The van der Waals surface area contributed by atoms with E-state index in [1.54, 1.807) is 29.2 Å². The van der Waals surface area contributed by atoms with Crippen molar-refractivity contribution >= 4 is 17.7 Å². The van der Waals surface area contributed by atoms with Crippen molar-refractivity contribution in [3.63, 3.8) is 0 Å². The zero-order valence-corrected chi connectivity index (χ0v) is 14.7. The first kappa shape index (κ1) is 17.7. The molecule has 5 heteroatoms. The standard InChI is InChI=1S/C21H20FN3O/c1-16-5-4-6-17(13-16)14-18(15-23)21(26)25-11-9-24(10-12-25)20-8-3-2-7-19(20)22/h2-8,13-14H,9-12H2,1H3/b18-14+. The lowest BCUT2D eigenvalue weighted by atomic mass is 10.1. The average molecular weight is 349 g/mol. The fraction of sp³-hybridized carbons (Fsp3) is 0.238.